The molecule has 5 heteroatoms. The van der Waals surface area contributed by atoms with Crippen LogP contribution in [0.1, 0.15) is 22.7 Å². The summed E-state index contributed by atoms with van der Waals surface area (Å²) in [4.78, 5) is 0. The second-order valence-electron chi connectivity index (χ2n) is 4.26. The summed E-state index contributed by atoms with van der Waals surface area (Å²) in [5.74, 6) is 4.11. The van der Waals surface area contributed by atoms with Crippen LogP contribution in [0.3, 0.4) is 0 Å². The molecule has 0 aromatic heterocycles. The minimum atomic E-state index is -0.839. The average Bonchev–Trinajstić information content (AvgIpc) is 2.35. The van der Waals surface area contributed by atoms with Crippen molar-refractivity contribution in [2.24, 2.45) is 5.84 Å². The predicted molar refractivity (Wildman–Crippen MR) is 71.7 cm³/mol. The predicted octanol–water partition coefficient (Wildman–Crippen LogP) is 3.48. The van der Waals surface area contributed by atoms with Gasteiger partial charge in [-0.2, -0.15) is 0 Å². The first-order chi connectivity index (χ1) is 9.04. The van der Waals surface area contributed by atoms with Crippen molar-refractivity contribution in [3.63, 3.8) is 0 Å². The summed E-state index contributed by atoms with van der Waals surface area (Å²) in [6.07, 6.45) is 0. The smallest absolute Gasteiger partial charge is 0.131 e. The molecule has 0 radical (unpaired) electrons. The Morgan fingerprint density at radius 2 is 1.79 bits per heavy atom. The molecule has 19 heavy (non-hydrogen) atoms. The molecule has 3 N–H and O–H groups in total. The minimum absolute atomic E-state index is 0.143. The number of hydrogen-bond donors (Lipinski definition) is 2. The highest BCUT2D eigenvalue weighted by Gasteiger charge is 2.22. The van der Waals surface area contributed by atoms with Crippen molar-refractivity contribution in [2.75, 3.05) is 0 Å². The summed E-state index contributed by atoms with van der Waals surface area (Å²) in [6, 6.07) is 8.07. The van der Waals surface area contributed by atoms with Gasteiger partial charge in [0.15, 0.2) is 0 Å². The Kier molecular flexibility index (Phi) is 4.14. The lowest BCUT2D eigenvalue weighted by Gasteiger charge is -2.19. The van der Waals surface area contributed by atoms with Crippen molar-refractivity contribution >= 4 is 11.6 Å². The SMILES string of the molecule is Cc1ccc(C(NN)c2c(F)cccc2F)c(Cl)c1. The molecule has 100 valence electrons. The van der Waals surface area contributed by atoms with Crippen molar-refractivity contribution < 1.29 is 8.78 Å². The Balaban J connectivity index is 2.56. The first-order valence-electron chi connectivity index (χ1n) is 5.70. The minimum Gasteiger partial charge on any atom is -0.271 e. The highest BCUT2D eigenvalue weighted by molar-refractivity contribution is 6.31. The summed E-state index contributed by atoms with van der Waals surface area (Å²) in [5.41, 5.74) is 3.75. The zero-order chi connectivity index (χ0) is 14.0. The van der Waals surface area contributed by atoms with E-state index in [9.17, 15) is 8.78 Å². The van der Waals surface area contributed by atoms with Crippen molar-refractivity contribution in [3.8, 4) is 0 Å². The third kappa shape index (κ3) is 2.76. The zero-order valence-corrected chi connectivity index (χ0v) is 11.0. The van der Waals surface area contributed by atoms with E-state index in [1.807, 2.05) is 13.0 Å². The van der Waals surface area contributed by atoms with E-state index in [0.29, 0.717) is 10.6 Å². The van der Waals surface area contributed by atoms with Crippen LogP contribution < -0.4 is 11.3 Å². The highest BCUT2D eigenvalue weighted by atomic mass is 35.5. The summed E-state index contributed by atoms with van der Waals surface area (Å²) >= 11 is 6.12. The van der Waals surface area contributed by atoms with Crippen LogP contribution in [0.15, 0.2) is 36.4 Å². The van der Waals surface area contributed by atoms with Crippen molar-refractivity contribution in [1.82, 2.24) is 5.43 Å². The van der Waals surface area contributed by atoms with Gasteiger partial charge in [-0.3, -0.25) is 5.84 Å². The fraction of sp³-hybridized carbons (Fsp3) is 0.143. The van der Waals surface area contributed by atoms with Crippen LogP contribution >= 0.6 is 11.6 Å². The first kappa shape index (κ1) is 13.9. The van der Waals surface area contributed by atoms with Crippen LogP contribution in [0.2, 0.25) is 5.02 Å². The molecule has 2 nitrogen and oxygen atoms in total. The van der Waals surface area contributed by atoms with E-state index in [0.717, 1.165) is 5.56 Å². The maximum atomic E-state index is 13.8. The molecular formula is C14H13ClF2N2. The van der Waals surface area contributed by atoms with E-state index in [1.165, 1.54) is 18.2 Å². The molecule has 0 aliphatic carbocycles. The Hall–Kier alpha value is -1.49. The van der Waals surface area contributed by atoms with Gasteiger partial charge in [-0.1, -0.05) is 29.8 Å². The van der Waals surface area contributed by atoms with Gasteiger partial charge in [0.25, 0.3) is 0 Å². The normalized spacial score (nSPS) is 12.5. The highest BCUT2D eigenvalue weighted by Crippen LogP contribution is 2.31. The van der Waals surface area contributed by atoms with Gasteiger partial charge in [0.2, 0.25) is 0 Å². The van der Waals surface area contributed by atoms with Crippen LogP contribution in [0.4, 0.5) is 8.78 Å². The van der Waals surface area contributed by atoms with E-state index in [2.05, 4.69) is 5.43 Å². The summed E-state index contributed by atoms with van der Waals surface area (Å²) < 4.78 is 27.6. The van der Waals surface area contributed by atoms with Gasteiger partial charge in [-0.15, -0.1) is 0 Å². The quantitative estimate of drug-likeness (QED) is 0.668. The molecule has 1 unspecified atom stereocenters. The molecule has 0 spiro atoms. The van der Waals surface area contributed by atoms with Gasteiger partial charge in [-0.05, 0) is 36.2 Å². The molecule has 2 aromatic rings. The first-order valence-corrected chi connectivity index (χ1v) is 6.08. The lowest BCUT2D eigenvalue weighted by Crippen LogP contribution is -2.30. The second kappa shape index (κ2) is 5.65. The molecule has 0 aliphatic rings. The van der Waals surface area contributed by atoms with Gasteiger partial charge in [0.05, 0.1) is 6.04 Å². The average molecular weight is 283 g/mol. The third-order valence-electron chi connectivity index (χ3n) is 2.92. The summed E-state index contributed by atoms with van der Waals surface area (Å²) in [5, 5.41) is 0.408. The molecule has 2 aromatic carbocycles. The second-order valence-corrected chi connectivity index (χ2v) is 4.67. The maximum Gasteiger partial charge on any atom is 0.131 e. The summed E-state index contributed by atoms with van der Waals surface area (Å²) in [6.45, 7) is 1.88. The fourth-order valence-electron chi connectivity index (χ4n) is 1.98. The Labute approximate surface area is 115 Å². The van der Waals surface area contributed by atoms with Gasteiger partial charge >= 0.3 is 0 Å². The van der Waals surface area contributed by atoms with E-state index >= 15 is 0 Å². The third-order valence-corrected chi connectivity index (χ3v) is 3.25. The largest absolute Gasteiger partial charge is 0.271 e. The topological polar surface area (TPSA) is 38.0 Å². The number of nitrogens with two attached hydrogens (primary N) is 1. The van der Waals surface area contributed by atoms with E-state index < -0.39 is 17.7 Å². The Morgan fingerprint density at radius 3 is 2.32 bits per heavy atom. The molecule has 0 saturated heterocycles. The molecular weight excluding hydrogens is 270 g/mol. The number of aryl methyl sites for hydroxylation is 1. The summed E-state index contributed by atoms with van der Waals surface area (Å²) in [7, 11) is 0. The number of benzene rings is 2. The Bertz CT molecular complexity index is 582. The van der Waals surface area contributed by atoms with Crippen molar-refractivity contribution in [3.05, 3.63) is 69.7 Å². The van der Waals surface area contributed by atoms with Crippen molar-refractivity contribution in [1.29, 1.82) is 0 Å². The monoisotopic (exact) mass is 282 g/mol. The van der Waals surface area contributed by atoms with E-state index in [4.69, 9.17) is 17.4 Å². The molecule has 0 bridgehead atoms. The van der Waals surface area contributed by atoms with Gasteiger partial charge < -0.3 is 0 Å². The van der Waals surface area contributed by atoms with E-state index in [1.54, 1.807) is 12.1 Å². The van der Waals surface area contributed by atoms with Crippen LogP contribution in [0.25, 0.3) is 0 Å². The molecule has 0 heterocycles. The number of rotatable bonds is 3. The lowest BCUT2D eigenvalue weighted by atomic mass is 9.97. The van der Waals surface area contributed by atoms with Crippen LogP contribution in [0, 0.1) is 18.6 Å². The molecule has 0 aliphatic heterocycles. The molecule has 0 amide bonds. The lowest BCUT2D eigenvalue weighted by molar-refractivity contribution is 0.510. The number of hydrogen-bond acceptors (Lipinski definition) is 2. The number of halogens is 3. The van der Waals surface area contributed by atoms with Crippen LogP contribution in [-0.2, 0) is 0 Å². The van der Waals surface area contributed by atoms with Crippen molar-refractivity contribution in [2.45, 2.75) is 13.0 Å². The molecule has 1 atom stereocenters. The zero-order valence-electron chi connectivity index (χ0n) is 10.3. The molecule has 0 saturated carbocycles. The van der Waals surface area contributed by atoms with Crippen LogP contribution in [0.5, 0.6) is 0 Å². The van der Waals surface area contributed by atoms with Gasteiger partial charge in [0.1, 0.15) is 11.6 Å². The van der Waals surface area contributed by atoms with Crippen LogP contribution in [-0.4, -0.2) is 0 Å². The fourth-order valence-corrected chi connectivity index (χ4v) is 2.33. The number of hydrazine groups is 1. The standard InChI is InChI=1S/C14H13ClF2N2/c1-8-5-6-9(10(15)7-8)14(19-18)13-11(16)3-2-4-12(13)17/h2-7,14,19H,18H2,1H3. The Morgan fingerprint density at radius 1 is 1.16 bits per heavy atom. The number of nitrogens with one attached hydrogen (secondary N) is 1. The van der Waals surface area contributed by atoms with E-state index in [-0.39, 0.29) is 5.56 Å². The van der Waals surface area contributed by atoms with Gasteiger partial charge in [0, 0.05) is 10.6 Å². The van der Waals surface area contributed by atoms with Gasteiger partial charge in [-0.25, -0.2) is 14.2 Å². The maximum absolute atomic E-state index is 13.8. The molecule has 0 fully saturated rings. The molecule has 2 rings (SSSR count).